The third kappa shape index (κ3) is 6.60. The van der Waals surface area contributed by atoms with Gasteiger partial charge in [0.15, 0.2) is 0 Å². The molecule has 1 aromatic heterocycles. The predicted molar refractivity (Wildman–Crippen MR) is 153 cm³/mol. The average molecular weight is 568 g/mol. The van der Waals surface area contributed by atoms with Gasteiger partial charge in [0.1, 0.15) is 11.6 Å². The lowest BCUT2D eigenvalue weighted by atomic mass is 9.93. The van der Waals surface area contributed by atoms with Crippen LogP contribution in [0.15, 0.2) is 54.6 Å². The monoisotopic (exact) mass is 567 g/mol. The summed E-state index contributed by atoms with van der Waals surface area (Å²) in [7, 11) is 2.09. The number of halogens is 3. The van der Waals surface area contributed by atoms with Crippen molar-refractivity contribution < 1.29 is 18.4 Å². The van der Waals surface area contributed by atoms with Crippen LogP contribution in [0, 0.1) is 11.6 Å². The number of rotatable bonds is 9. The smallest absolute Gasteiger partial charge is 0.228 e. The van der Waals surface area contributed by atoms with Crippen LogP contribution in [0.4, 0.5) is 8.78 Å². The second kappa shape index (κ2) is 12.3. The Kier molecular flexibility index (Phi) is 8.63. The molecule has 2 amide bonds. The number of piperazine rings is 1. The first-order valence-electron chi connectivity index (χ1n) is 13.4. The lowest BCUT2D eigenvalue weighted by Gasteiger charge is -2.32. The maximum Gasteiger partial charge on any atom is 0.228 e. The lowest BCUT2D eigenvalue weighted by molar-refractivity contribution is -0.128. The van der Waals surface area contributed by atoms with E-state index in [1.807, 2.05) is 12.1 Å². The molecular formula is C30H32ClF2N5O2. The van der Waals surface area contributed by atoms with Crippen molar-refractivity contribution in [2.24, 2.45) is 0 Å². The van der Waals surface area contributed by atoms with Crippen LogP contribution in [0.25, 0.3) is 21.8 Å². The Balaban J connectivity index is 1.33. The fraction of sp³-hybridized carbons (Fsp3) is 0.333. The molecule has 3 aromatic carbocycles. The summed E-state index contributed by atoms with van der Waals surface area (Å²) in [4.78, 5) is 34.2. The number of H-pyrrole nitrogens is 1. The van der Waals surface area contributed by atoms with Crippen molar-refractivity contribution in [2.75, 3.05) is 46.3 Å². The highest BCUT2D eigenvalue weighted by atomic mass is 35.5. The molecule has 7 nitrogen and oxygen atoms in total. The van der Waals surface area contributed by atoms with Gasteiger partial charge in [0.05, 0.1) is 5.92 Å². The number of hydrogen-bond acceptors (Lipinski definition) is 4. The molecular weight excluding hydrogens is 536 g/mol. The van der Waals surface area contributed by atoms with Crippen LogP contribution in [-0.4, -0.2) is 72.9 Å². The van der Waals surface area contributed by atoms with Gasteiger partial charge in [0, 0.05) is 84.6 Å². The largest absolute Gasteiger partial charge is 0.355 e. The summed E-state index contributed by atoms with van der Waals surface area (Å²) in [5.74, 6) is -2.30. The number of hydrogen-bond donors (Lipinski definition) is 3. The third-order valence-corrected chi connectivity index (χ3v) is 7.74. The molecule has 40 heavy (non-hydrogen) atoms. The topological polar surface area (TPSA) is 80.5 Å². The first kappa shape index (κ1) is 28.0. The molecule has 2 heterocycles. The van der Waals surface area contributed by atoms with E-state index in [4.69, 9.17) is 11.6 Å². The summed E-state index contributed by atoms with van der Waals surface area (Å²) in [6.45, 7) is 5.04. The van der Waals surface area contributed by atoms with Crippen molar-refractivity contribution in [2.45, 2.75) is 18.9 Å². The number of benzene rings is 3. The molecule has 0 saturated carbocycles. The van der Waals surface area contributed by atoms with E-state index in [9.17, 15) is 18.4 Å². The quantitative estimate of drug-likeness (QED) is 0.280. The molecule has 0 bridgehead atoms. The SMILES string of the molecule is CN1CCN(CCNC(=O)CC(C(=O)NCc2cc(Cl)ccc2F)c2ccc3c(c2)[nH]c2cc(F)ccc23)CC1. The predicted octanol–water partition coefficient (Wildman–Crippen LogP) is 4.41. The number of carbonyl (C=O) groups excluding carboxylic acids is 2. The first-order valence-corrected chi connectivity index (χ1v) is 13.7. The summed E-state index contributed by atoms with van der Waals surface area (Å²) in [6.07, 6.45) is -0.0764. The second-order valence-corrected chi connectivity index (χ2v) is 10.8. The van der Waals surface area contributed by atoms with Gasteiger partial charge in [-0.05, 0) is 55.1 Å². The van der Waals surface area contributed by atoms with Gasteiger partial charge in [-0.25, -0.2) is 8.78 Å². The van der Waals surface area contributed by atoms with Crippen LogP contribution in [-0.2, 0) is 16.1 Å². The minimum absolute atomic E-state index is 0.0688. The minimum atomic E-state index is -0.821. The highest BCUT2D eigenvalue weighted by Crippen LogP contribution is 2.30. The molecule has 210 valence electrons. The van der Waals surface area contributed by atoms with Crippen LogP contribution < -0.4 is 10.6 Å². The molecule has 1 aliphatic rings. The molecule has 0 radical (unpaired) electrons. The van der Waals surface area contributed by atoms with Gasteiger partial charge < -0.3 is 20.5 Å². The van der Waals surface area contributed by atoms with Gasteiger partial charge in [0.25, 0.3) is 0 Å². The van der Waals surface area contributed by atoms with Crippen molar-refractivity contribution in [3.8, 4) is 0 Å². The number of aromatic nitrogens is 1. The lowest BCUT2D eigenvalue weighted by Crippen LogP contribution is -2.47. The summed E-state index contributed by atoms with van der Waals surface area (Å²) < 4.78 is 28.0. The van der Waals surface area contributed by atoms with Crippen molar-refractivity contribution in [1.29, 1.82) is 0 Å². The number of carbonyl (C=O) groups is 2. The van der Waals surface area contributed by atoms with Crippen molar-refractivity contribution >= 4 is 45.2 Å². The Bertz CT molecular complexity index is 1530. The molecule has 1 atom stereocenters. The van der Waals surface area contributed by atoms with Crippen LogP contribution in [0.5, 0.6) is 0 Å². The number of amides is 2. The van der Waals surface area contributed by atoms with Gasteiger partial charge >= 0.3 is 0 Å². The summed E-state index contributed by atoms with van der Waals surface area (Å²) in [6, 6.07) is 14.2. The van der Waals surface area contributed by atoms with Crippen molar-refractivity contribution in [1.82, 2.24) is 25.4 Å². The molecule has 1 fully saturated rings. The fourth-order valence-corrected chi connectivity index (χ4v) is 5.34. The van der Waals surface area contributed by atoms with E-state index in [0.29, 0.717) is 22.6 Å². The molecule has 1 saturated heterocycles. The Labute approximate surface area is 236 Å². The third-order valence-electron chi connectivity index (χ3n) is 7.50. The van der Waals surface area contributed by atoms with Gasteiger partial charge in [-0.15, -0.1) is 0 Å². The maximum absolute atomic E-state index is 14.3. The zero-order valence-corrected chi connectivity index (χ0v) is 23.0. The fourth-order valence-electron chi connectivity index (χ4n) is 5.15. The number of nitrogens with one attached hydrogen (secondary N) is 3. The summed E-state index contributed by atoms with van der Waals surface area (Å²) in [5.41, 5.74) is 2.25. The standard InChI is InChI=1S/C30H32ClF2N5O2/c1-37-10-12-38(13-11-37)9-8-34-29(39)17-25(30(40)35-18-20-14-21(31)3-7-26(20)33)19-2-5-23-24-6-4-22(32)16-28(24)36-27(23)15-19/h2-7,14-16,25,36H,8-13,17-18H2,1H3,(H,34,39)(H,35,40). The minimum Gasteiger partial charge on any atom is -0.355 e. The molecule has 1 unspecified atom stereocenters. The Hall–Kier alpha value is -3.53. The van der Waals surface area contributed by atoms with Crippen LogP contribution in [0.1, 0.15) is 23.5 Å². The van der Waals surface area contributed by atoms with Gasteiger partial charge in [0.2, 0.25) is 11.8 Å². The number of aromatic amines is 1. The molecule has 0 aliphatic carbocycles. The van der Waals surface area contributed by atoms with E-state index >= 15 is 0 Å². The molecule has 10 heteroatoms. The second-order valence-electron chi connectivity index (χ2n) is 10.3. The summed E-state index contributed by atoms with van der Waals surface area (Å²) >= 11 is 6.00. The van der Waals surface area contributed by atoms with Crippen LogP contribution in [0.2, 0.25) is 5.02 Å². The molecule has 1 aliphatic heterocycles. The maximum atomic E-state index is 14.3. The Morgan fingerprint density at radius 2 is 1.68 bits per heavy atom. The zero-order chi connectivity index (χ0) is 28.2. The van der Waals surface area contributed by atoms with E-state index in [-0.39, 0.29) is 30.3 Å². The Morgan fingerprint density at radius 3 is 2.45 bits per heavy atom. The van der Waals surface area contributed by atoms with E-state index in [1.165, 1.54) is 30.3 Å². The van der Waals surface area contributed by atoms with Gasteiger partial charge in [-0.3, -0.25) is 14.5 Å². The van der Waals surface area contributed by atoms with Crippen LogP contribution in [0.3, 0.4) is 0 Å². The van der Waals surface area contributed by atoms with E-state index in [0.717, 1.165) is 49.0 Å². The molecule has 0 spiro atoms. The van der Waals surface area contributed by atoms with Crippen molar-refractivity contribution in [3.05, 3.63) is 82.4 Å². The van der Waals surface area contributed by atoms with Crippen molar-refractivity contribution in [3.63, 3.8) is 0 Å². The highest BCUT2D eigenvalue weighted by molar-refractivity contribution is 6.30. The zero-order valence-electron chi connectivity index (χ0n) is 22.3. The highest BCUT2D eigenvalue weighted by Gasteiger charge is 2.25. The van der Waals surface area contributed by atoms with E-state index < -0.39 is 17.6 Å². The Morgan fingerprint density at radius 1 is 0.950 bits per heavy atom. The average Bonchev–Trinajstić information content (AvgIpc) is 3.29. The number of fused-ring (bicyclic) bond motifs is 3. The normalized spacial score (nSPS) is 15.4. The van der Waals surface area contributed by atoms with Crippen LogP contribution >= 0.6 is 11.6 Å². The molecule has 4 aromatic rings. The molecule has 5 rings (SSSR count). The number of nitrogens with zero attached hydrogens (tertiary/aromatic N) is 2. The van der Waals surface area contributed by atoms with Gasteiger partial charge in [-0.1, -0.05) is 23.7 Å². The first-order chi connectivity index (χ1) is 19.3. The van der Waals surface area contributed by atoms with E-state index in [1.54, 1.807) is 12.1 Å². The molecule has 3 N–H and O–H groups in total. The number of likely N-dealkylation sites (N-methyl/N-ethyl adjacent to an activating group) is 1. The van der Waals surface area contributed by atoms with E-state index in [2.05, 4.69) is 32.5 Å². The summed E-state index contributed by atoms with van der Waals surface area (Å²) in [5, 5.41) is 7.84. The van der Waals surface area contributed by atoms with Gasteiger partial charge in [-0.2, -0.15) is 0 Å².